The van der Waals surface area contributed by atoms with Crippen molar-refractivity contribution in [3.05, 3.63) is 64.2 Å². The second-order valence-electron chi connectivity index (χ2n) is 8.12. The van der Waals surface area contributed by atoms with E-state index in [0.717, 1.165) is 25.1 Å². The molecule has 0 unspecified atom stereocenters. The van der Waals surface area contributed by atoms with Crippen LogP contribution in [0, 0.1) is 0 Å². The van der Waals surface area contributed by atoms with Crippen LogP contribution in [0.3, 0.4) is 0 Å². The number of fused-ring (bicyclic) bond motifs is 1. The van der Waals surface area contributed by atoms with Crippen LogP contribution in [0.4, 0.5) is 11.4 Å². The Labute approximate surface area is 188 Å². The molecular weight excluding hydrogens is 400 g/mol. The number of aliphatic imine (C=N–C) groups is 1. The highest BCUT2D eigenvalue weighted by molar-refractivity contribution is 5.69. The van der Waals surface area contributed by atoms with Gasteiger partial charge in [-0.05, 0) is 73.9 Å². The number of hydrogen-bond acceptors (Lipinski definition) is 6. The van der Waals surface area contributed by atoms with E-state index in [9.17, 15) is 5.11 Å². The van der Waals surface area contributed by atoms with Crippen LogP contribution in [0.1, 0.15) is 44.2 Å². The van der Waals surface area contributed by atoms with Crippen molar-refractivity contribution in [1.29, 1.82) is 0 Å². The summed E-state index contributed by atoms with van der Waals surface area (Å²) in [5.74, 6) is 0.958. The molecule has 4 rings (SSSR count). The number of benzene rings is 2. The first-order valence-corrected chi connectivity index (χ1v) is 10.9. The summed E-state index contributed by atoms with van der Waals surface area (Å²) >= 11 is 0. The Morgan fingerprint density at radius 1 is 1.16 bits per heavy atom. The first-order valence-electron chi connectivity index (χ1n) is 10.9. The number of ether oxygens (including phenoxy) is 1. The van der Waals surface area contributed by atoms with Gasteiger partial charge in [0.25, 0.3) is 0 Å². The van der Waals surface area contributed by atoms with Crippen LogP contribution in [0.25, 0.3) is 12.3 Å². The van der Waals surface area contributed by atoms with Gasteiger partial charge in [0, 0.05) is 17.9 Å². The van der Waals surface area contributed by atoms with Crippen molar-refractivity contribution in [2.24, 2.45) is 4.99 Å². The molecule has 32 heavy (non-hydrogen) atoms. The molecule has 1 aliphatic heterocycles. The Balaban J connectivity index is 1.59. The van der Waals surface area contributed by atoms with Crippen molar-refractivity contribution in [2.75, 3.05) is 11.4 Å². The third-order valence-electron chi connectivity index (χ3n) is 5.68. The fraction of sp³-hybridized carbons (Fsp3) is 0.269. The molecule has 6 nitrogen and oxygen atoms in total. The van der Waals surface area contributed by atoms with Gasteiger partial charge in [-0.25, -0.2) is 0 Å². The lowest BCUT2D eigenvalue weighted by molar-refractivity contribution is 0.400. The van der Waals surface area contributed by atoms with E-state index in [4.69, 9.17) is 4.74 Å². The maximum absolute atomic E-state index is 10.2. The second kappa shape index (κ2) is 9.22. The van der Waals surface area contributed by atoms with E-state index >= 15 is 0 Å². The lowest BCUT2D eigenvalue weighted by Crippen LogP contribution is -2.29. The van der Waals surface area contributed by atoms with Gasteiger partial charge in [-0.3, -0.25) is 4.99 Å². The number of anilines is 2. The first kappa shape index (κ1) is 21.6. The van der Waals surface area contributed by atoms with Crippen molar-refractivity contribution < 1.29 is 9.84 Å². The molecule has 0 saturated heterocycles. The zero-order chi connectivity index (χ0) is 22.7. The van der Waals surface area contributed by atoms with Gasteiger partial charge in [0.15, 0.2) is 0 Å². The molecule has 0 saturated carbocycles. The van der Waals surface area contributed by atoms with Crippen LogP contribution in [-0.2, 0) is 6.42 Å². The topological polar surface area (TPSA) is 70.8 Å². The lowest BCUT2D eigenvalue weighted by Gasteiger charge is -2.32. The Morgan fingerprint density at radius 3 is 2.62 bits per heavy atom. The van der Waals surface area contributed by atoms with Crippen molar-refractivity contribution >= 4 is 30.4 Å². The smallest absolute Gasteiger partial charge is 0.325 e. The van der Waals surface area contributed by atoms with Gasteiger partial charge >= 0.3 is 6.01 Å². The van der Waals surface area contributed by atoms with Crippen molar-refractivity contribution in [1.82, 2.24) is 9.97 Å². The van der Waals surface area contributed by atoms with Gasteiger partial charge in [-0.2, -0.15) is 9.97 Å². The average Bonchev–Trinajstić information content (AvgIpc) is 2.79. The highest BCUT2D eigenvalue weighted by Crippen LogP contribution is 2.36. The van der Waals surface area contributed by atoms with Crippen LogP contribution in [-0.4, -0.2) is 28.3 Å². The predicted octanol–water partition coefficient (Wildman–Crippen LogP) is 4.42. The minimum absolute atomic E-state index is 0.0558. The fourth-order valence-corrected chi connectivity index (χ4v) is 4.01. The van der Waals surface area contributed by atoms with Crippen LogP contribution in [0.5, 0.6) is 17.6 Å². The quantitative estimate of drug-likeness (QED) is 0.609. The van der Waals surface area contributed by atoms with Gasteiger partial charge in [0.2, 0.25) is 5.88 Å². The number of aryl methyl sites for hydroxylation is 1. The lowest BCUT2D eigenvalue weighted by atomic mass is 9.94. The molecule has 2 heterocycles. The monoisotopic (exact) mass is 428 g/mol. The Kier molecular flexibility index (Phi) is 6.21. The molecule has 0 atom stereocenters. The summed E-state index contributed by atoms with van der Waals surface area (Å²) in [5, 5.41) is 11.1. The Bertz CT molecular complexity index is 1250. The van der Waals surface area contributed by atoms with Gasteiger partial charge in [0.1, 0.15) is 5.75 Å². The van der Waals surface area contributed by atoms with E-state index < -0.39 is 0 Å². The van der Waals surface area contributed by atoms with Crippen LogP contribution in [0.2, 0.25) is 0 Å². The third-order valence-corrected chi connectivity index (χ3v) is 5.68. The molecule has 0 fully saturated rings. The van der Waals surface area contributed by atoms with E-state index in [1.165, 1.54) is 23.0 Å². The molecule has 0 spiro atoms. The van der Waals surface area contributed by atoms with Gasteiger partial charge in [-0.15, -0.1) is 0 Å². The molecule has 0 aliphatic carbocycles. The molecule has 164 valence electrons. The van der Waals surface area contributed by atoms with Crippen LogP contribution < -0.4 is 20.2 Å². The van der Waals surface area contributed by atoms with Crippen molar-refractivity contribution in [3.63, 3.8) is 0 Å². The summed E-state index contributed by atoms with van der Waals surface area (Å²) < 4.78 is 5.80. The summed E-state index contributed by atoms with van der Waals surface area (Å²) in [5.41, 5.74) is 5.16. The van der Waals surface area contributed by atoms with E-state index in [1.807, 2.05) is 24.3 Å². The van der Waals surface area contributed by atoms with Crippen LogP contribution >= 0.6 is 0 Å². The standard InChI is InChI=1S/C26H28N4O2/c1-5-22-23(16-27-4)28-26(29-25(22)31)32-21-11-9-20(10-12-21)30-14-6-7-19-15-18(17(2)3)8-13-24(19)30/h5,8-13,15-17H,4,6-7,14H2,1-3H3,(H,28,29,31)/b22-5+,23-16+. The molecule has 6 heteroatoms. The largest absolute Gasteiger partial charge is 0.493 e. The zero-order valence-electron chi connectivity index (χ0n) is 18.7. The minimum Gasteiger partial charge on any atom is -0.493 e. The summed E-state index contributed by atoms with van der Waals surface area (Å²) in [7, 11) is 0. The number of aromatic nitrogens is 2. The predicted molar refractivity (Wildman–Crippen MR) is 129 cm³/mol. The van der Waals surface area contributed by atoms with Crippen molar-refractivity contribution in [2.45, 2.75) is 39.5 Å². The summed E-state index contributed by atoms with van der Waals surface area (Å²) in [6.07, 6.45) is 5.41. The number of nitrogens with zero attached hydrogens (tertiary/aromatic N) is 4. The van der Waals surface area contributed by atoms with Gasteiger partial charge < -0.3 is 14.7 Å². The Morgan fingerprint density at radius 2 is 1.94 bits per heavy atom. The highest BCUT2D eigenvalue weighted by atomic mass is 16.5. The summed E-state index contributed by atoms with van der Waals surface area (Å²) in [6.45, 7) is 10.7. The molecule has 0 amide bonds. The molecule has 0 radical (unpaired) electrons. The van der Waals surface area contributed by atoms with Gasteiger partial charge in [0.05, 0.1) is 16.8 Å². The van der Waals surface area contributed by atoms with E-state index in [1.54, 1.807) is 13.0 Å². The minimum atomic E-state index is -0.158. The van der Waals surface area contributed by atoms with E-state index in [2.05, 4.69) is 58.6 Å². The normalized spacial score (nSPS) is 14.6. The molecule has 1 aromatic heterocycles. The molecular formula is C26H28N4O2. The molecule has 2 aromatic carbocycles. The van der Waals surface area contributed by atoms with Gasteiger partial charge in [-0.1, -0.05) is 32.1 Å². The molecule has 1 aliphatic rings. The molecule has 1 N–H and O–H groups in total. The molecule has 0 bridgehead atoms. The SMILES string of the molecule is C=N/C=c1/nc(Oc2ccc(N3CCCc4cc(C(C)C)ccc43)cc2)nc(O)/c1=C/C. The highest BCUT2D eigenvalue weighted by Gasteiger charge is 2.19. The number of hydrogen-bond donors (Lipinski definition) is 1. The summed E-state index contributed by atoms with van der Waals surface area (Å²) in [6, 6.07) is 14.7. The van der Waals surface area contributed by atoms with Crippen LogP contribution in [0.15, 0.2) is 47.5 Å². The van der Waals surface area contributed by atoms with E-state index in [-0.39, 0.29) is 11.9 Å². The second-order valence-corrected chi connectivity index (χ2v) is 8.12. The third kappa shape index (κ3) is 4.35. The Hall–Kier alpha value is -3.67. The van der Waals surface area contributed by atoms with Crippen molar-refractivity contribution in [3.8, 4) is 17.6 Å². The maximum atomic E-state index is 10.2. The number of rotatable bonds is 5. The zero-order valence-corrected chi connectivity index (χ0v) is 18.7. The number of aromatic hydroxyl groups is 1. The average molecular weight is 429 g/mol. The molecule has 3 aromatic rings. The summed E-state index contributed by atoms with van der Waals surface area (Å²) in [4.78, 5) is 14.5. The first-order chi connectivity index (χ1) is 15.5. The van der Waals surface area contributed by atoms with E-state index in [0.29, 0.717) is 22.2 Å². The maximum Gasteiger partial charge on any atom is 0.325 e. The fourth-order valence-electron chi connectivity index (χ4n) is 4.01.